The number of carbonyl (C=O) groups is 3. The van der Waals surface area contributed by atoms with Gasteiger partial charge >= 0.3 is 5.97 Å². The lowest BCUT2D eigenvalue weighted by Gasteiger charge is -2.39. The molecule has 0 radical (unpaired) electrons. The second-order valence-corrected chi connectivity index (χ2v) is 5.65. The minimum absolute atomic E-state index is 0.106. The molecular weight excluding hydrogens is 244 g/mol. The van der Waals surface area contributed by atoms with Gasteiger partial charge < -0.3 is 5.11 Å². The molecule has 1 aliphatic carbocycles. The second kappa shape index (κ2) is 4.61. The number of rotatable bonds is 2. The summed E-state index contributed by atoms with van der Waals surface area (Å²) >= 11 is 0. The van der Waals surface area contributed by atoms with Crippen LogP contribution in [0.15, 0.2) is 30.3 Å². The molecule has 1 aliphatic rings. The van der Waals surface area contributed by atoms with Gasteiger partial charge in [0.25, 0.3) is 0 Å². The molecule has 2 atom stereocenters. The van der Waals surface area contributed by atoms with Crippen molar-refractivity contribution in [3.05, 3.63) is 35.9 Å². The van der Waals surface area contributed by atoms with E-state index in [1.54, 1.807) is 12.1 Å². The summed E-state index contributed by atoms with van der Waals surface area (Å²) in [6.45, 7) is 3.66. The molecule has 0 aliphatic heterocycles. The normalized spacial score (nSPS) is 26.2. The van der Waals surface area contributed by atoms with Crippen LogP contribution >= 0.6 is 0 Å². The zero-order chi connectivity index (χ0) is 14.2. The molecule has 0 saturated heterocycles. The maximum Gasteiger partial charge on any atom is 0.321 e. The molecule has 19 heavy (non-hydrogen) atoms. The molecule has 1 aromatic rings. The molecule has 4 nitrogen and oxygen atoms in total. The quantitative estimate of drug-likeness (QED) is 0.826. The van der Waals surface area contributed by atoms with E-state index in [2.05, 4.69) is 0 Å². The minimum atomic E-state index is -1.52. The number of hydrogen-bond acceptors (Lipinski definition) is 3. The average molecular weight is 260 g/mol. The van der Waals surface area contributed by atoms with Crippen molar-refractivity contribution >= 4 is 17.5 Å². The SMILES string of the molecule is CC1(C)CC(=O)C(C(=O)O)C(=O)C1c1ccccc1. The molecule has 2 unspecified atom stereocenters. The van der Waals surface area contributed by atoms with Crippen molar-refractivity contribution in [3.8, 4) is 0 Å². The highest BCUT2D eigenvalue weighted by Crippen LogP contribution is 2.45. The van der Waals surface area contributed by atoms with Gasteiger partial charge in [-0.3, -0.25) is 14.4 Å². The maximum absolute atomic E-state index is 12.4. The van der Waals surface area contributed by atoms with Gasteiger partial charge in [-0.05, 0) is 11.0 Å². The standard InChI is InChI=1S/C15H16O4/c1-15(2)8-10(16)11(14(18)19)13(17)12(15)9-6-4-3-5-7-9/h3-7,11-12H,8H2,1-2H3,(H,18,19). The summed E-state index contributed by atoms with van der Waals surface area (Å²) in [7, 11) is 0. The number of benzene rings is 1. The molecule has 0 aromatic heterocycles. The van der Waals surface area contributed by atoms with Gasteiger partial charge in [0, 0.05) is 12.3 Å². The van der Waals surface area contributed by atoms with Crippen LogP contribution in [0.5, 0.6) is 0 Å². The van der Waals surface area contributed by atoms with Crippen molar-refractivity contribution in [2.24, 2.45) is 11.3 Å². The Kier molecular flexibility index (Phi) is 3.27. The van der Waals surface area contributed by atoms with Crippen molar-refractivity contribution in [1.29, 1.82) is 0 Å². The summed E-state index contributed by atoms with van der Waals surface area (Å²) in [5.74, 6) is -4.40. The van der Waals surface area contributed by atoms with Crippen molar-refractivity contribution in [2.45, 2.75) is 26.2 Å². The second-order valence-electron chi connectivity index (χ2n) is 5.65. The predicted octanol–water partition coefficient (Wildman–Crippen LogP) is 2.04. The van der Waals surface area contributed by atoms with E-state index in [4.69, 9.17) is 5.11 Å². The fourth-order valence-corrected chi connectivity index (χ4v) is 2.88. The van der Waals surface area contributed by atoms with E-state index in [0.717, 1.165) is 5.56 Å². The molecule has 0 bridgehead atoms. The number of carboxylic acids is 1. The van der Waals surface area contributed by atoms with Crippen LogP contribution in [0.25, 0.3) is 0 Å². The predicted molar refractivity (Wildman–Crippen MR) is 68.7 cm³/mol. The molecule has 1 aromatic carbocycles. The van der Waals surface area contributed by atoms with Crippen LogP contribution in [0, 0.1) is 11.3 Å². The smallest absolute Gasteiger partial charge is 0.321 e. The highest BCUT2D eigenvalue weighted by atomic mass is 16.4. The van der Waals surface area contributed by atoms with Gasteiger partial charge in [-0.15, -0.1) is 0 Å². The first kappa shape index (κ1) is 13.5. The van der Waals surface area contributed by atoms with Crippen molar-refractivity contribution in [2.75, 3.05) is 0 Å². The zero-order valence-electron chi connectivity index (χ0n) is 10.9. The van der Waals surface area contributed by atoms with E-state index in [1.807, 2.05) is 32.0 Å². The summed E-state index contributed by atoms with van der Waals surface area (Å²) in [6.07, 6.45) is 0.106. The molecule has 4 heteroatoms. The highest BCUT2D eigenvalue weighted by Gasteiger charge is 2.51. The summed E-state index contributed by atoms with van der Waals surface area (Å²) in [5, 5.41) is 9.07. The van der Waals surface area contributed by atoms with Gasteiger partial charge in [0.1, 0.15) is 0 Å². The summed E-state index contributed by atoms with van der Waals surface area (Å²) in [5.41, 5.74) is 0.220. The summed E-state index contributed by atoms with van der Waals surface area (Å²) in [4.78, 5) is 35.4. The fraction of sp³-hybridized carbons (Fsp3) is 0.400. The molecule has 1 fully saturated rings. The van der Waals surface area contributed by atoms with Crippen LogP contribution in [0.4, 0.5) is 0 Å². The Labute approximate surface area is 111 Å². The highest BCUT2D eigenvalue weighted by molar-refractivity contribution is 6.20. The lowest BCUT2D eigenvalue weighted by molar-refractivity contribution is -0.155. The molecule has 0 spiro atoms. The number of carboxylic acid groups (broad SMARTS) is 1. The van der Waals surface area contributed by atoms with Crippen molar-refractivity contribution < 1.29 is 19.5 Å². The van der Waals surface area contributed by atoms with Crippen LogP contribution in [0.3, 0.4) is 0 Å². The number of Topliss-reactive ketones (excluding diaryl/α,β-unsaturated/α-hetero) is 2. The van der Waals surface area contributed by atoms with E-state index in [-0.39, 0.29) is 6.42 Å². The third-order valence-electron chi connectivity index (χ3n) is 3.68. The van der Waals surface area contributed by atoms with Gasteiger partial charge in [0.05, 0.1) is 0 Å². The van der Waals surface area contributed by atoms with Crippen LogP contribution in [-0.2, 0) is 14.4 Å². The summed E-state index contributed by atoms with van der Waals surface area (Å²) in [6, 6.07) is 9.07. The van der Waals surface area contributed by atoms with E-state index in [1.165, 1.54) is 0 Å². The van der Waals surface area contributed by atoms with Crippen LogP contribution in [0.1, 0.15) is 31.7 Å². The molecule has 0 amide bonds. The van der Waals surface area contributed by atoms with Gasteiger partial charge in [-0.1, -0.05) is 44.2 Å². The fourth-order valence-electron chi connectivity index (χ4n) is 2.88. The molecule has 2 rings (SSSR count). The van der Waals surface area contributed by atoms with Crippen molar-refractivity contribution in [3.63, 3.8) is 0 Å². The lowest BCUT2D eigenvalue weighted by Crippen LogP contribution is -2.47. The van der Waals surface area contributed by atoms with Crippen molar-refractivity contribution in [1.82, 2.24) is 0 Å². The third-order valence-corrected chi connectivity index (χ3v) is 3.68. The average Bonchev–Trinajstić information content (AvgIpc) is 2.27. The third kappa shape index (κ3) is 2.30. The first-order valence-corrected chi connectivity index (χ1v) is 6.19. The first-order chi connectivity index (χ1) is 8.84. The summed E-state index contributed by atoms with van der Waals surface area (Å²) < 4.78 is 0. The van der Waals surface area contributed by atoms with E-state index in [9.17, 15) is 14.4 Å². The number of hydrogen-bond donors (Lipinski definition) is 1. The maximum atomic E-state index is 12.4. The number of aliphatic carboxylic acids is 1. The molecule has 100 valence electrons. The zero-order valence-corrected chi connectivity index (χ0v) is 10.9. The van der Waals surface area contributed by atoms with Crippen LogP contribution in [0.2, 0.25) is 0 Å². The monoisotopic (exact) mass is 260 g/mol. The Bertz CT molecular complexity index is 530. The Morgan fingerprint density at radius 3 is 2.32 bits per heavy atom. The van der Waals surface area contributed by atoms with E-state index in [0.29, 0.717) is 0 Å². The minimum Gasteiger partial charge on any atom is -0.480 e. The largest absolute Gasteiger partial charge is 0.480 e. The first-order valence-electron chi connectivity index (χ1n) is 6.19. The Balaban J connectivity index is 2.48. The molecule has 1 saturated carbocycles. The van der Waals surface area contributed by atoms with Crippen LogP contribution in [-0.4, -0.2) is 22.6 Å². The topological polar surface area (TPSA) is 71.4 Å². The molecule has 1 N–H and O–H groups in total. The van der Waals surface area contributed by atoms with Gasteiger partial charge in [-0.2, -0.15) is 0 Å². The van der Waals surface area contributed by atoms with E-state index < -0.39 is 34.8 Å². The Morgan fingerprint density at radius 2 is 1.79 bits per heavy atom. The number of ketones is 2. The van der Waals surface area contributed by atoms with Crippen LogP contribution < -0.4 is 0 Å². The molecular formula is C15H16O4. The van der Waals surface area contributed by atoms with E-state index >= 15 is 0 Å². The van der Waals surface area contributed by atoms with Gasteiger partial charge in [-0.25, -0.2) is 0 Å². The lowest BCUT2D eigenvalue weighted by atomic mass is 9.62. The number of carbonyl (C=O) groups excluding carboxylic acids is 2. The molecule has 0 heterocycles. The Hall–Kier alpha value is -1.97. The Morgan fingerprint density at radius 1 is 1.21 bits per heavy atom. The van der Waals surface area contributed by atoms with Gasteiger partial charge in [0.2, 0.25) is 0 Å². The van der Waals surface area contributed by atoms with Gasteiger partial charge in [0.15, 0.2) is 17.5 Å².